The van der Waals surface area contributed by atoms with Crippen LogP contribution in [0.4, 0.5) is 0 Å². The van der Waals surface area contributed by atoms with Crippen molar-refractivity contribution in [1.82, 2.24) is 25.7 Å². The second kappa shape index (κ2) is 6.35. The van der Waals surface area contributed by atoms with Gasteiger partial charge in [-0.1, -0.05) is 5.16 Å². The van der Waals surface area contributed by atoms with E-state index in [0.29, 0.717) is 30.6 Å². The molecule has 4 rings (SSSR count). The zero-order chi connectivity index (χ0) is 16.5. The highest BCUT2D eigenvalue weighted by Gasteiger charge is 2.33. The number of aryl methyl sites for hydroxylation is 2. The Bertz CT molecular complexity index is 732. The average Bonchev–Trinajstić information content (AvgIpc) is 3.29. The number of amides is 1. The Labute approximate surface area is 139 Å². The summed E-state index contributed by atoms with van der Waals surface area (Å²) in [6.07, 6.45) is 4.63. The zero-order valence-electron chi connectivity index (χ0n) is 13.7. The van der Waals surface area contributed by atoms with E-state index in [1.807, 2.05) is 0 Å². The van der Waals surface area contributed by atoms with Crippen LogP contribution in [-0.2, 0) is 17.6 Å². The SMILES string of the molecule is Cc1noc([C@@H](NC(=O)c2n[nH]c3c2CCC3)C2CCOCC2)n1. The summed E-state index contributed by atoms with van der Waals surface area (Å²) in [6, 6.07) is -0.309. The minimum Gasteiger partial charge on any atom is -0.381 e. The molecule has 3 heterocycles. The van der Waals surface area contributed by atoms with E-state index in [1.54, 1.807) is 6.92 Å². The Hall–Kier alpha value is -2.22. The van der Waals surface area contributed by atoms with Gasteiger partial charge in [0, 0.05) is 24.5 Å². The van der Waals surface area contributed by atoms with Crippen LogP contribution in [0.15, 0.2) is 4.52 Å². The van der Waals surface area contributed by atoms with Gasteiger partial charge in [-0.2, -0.15) is 10.1 Å². The molecule has 1 aliphatic carbocycles. The van der Waals surface area contributed by atoms with Gasteiger partial charge in [0.25, 0.3) is 5.91 Å². The molecule has 0 aromatic carbocycles. The van der Waals surface area contributed by atoms with E-state index in [4.69, 9.17) is 9.26 Å². The predicted molar refractivity (Wildman–Crippen MR) is 83.4 cm³/mol. The number of aromatic amines is 1. The van der Waals surface area contributed by atoms with Crippen LogP contribution in [-0.4, -0.2) is 39.5 Å². The van der Waals surface area contributed by atoms with Gasteiger partial charge in [0.2, 0.25) is 5.89 Å². The summed E-state index contributed by atoms with van der Waals surface area (Å²) >= 11 is 0. The van der Waals surface area contributed by atoms with Crippen LogP contribution in [0.2, 0.25) is 0 Å². The summed E-state index contributed by atoms with van der Waals surface area (Å²) in [5, 5.41) is 14.1. The fourth-order valence-electron chi connectivity index (χ4n) is 3.59. The van der Waals surface area contributed by atoms with E-state index in [-0.39, 0.29) is 17.9 Å². The summed E-state index contributed by atoms with van der Waals surface area (Å²) in [5.41, 5.74) is 2.62. The lowest BCUT2D eigenvalue weighted by atomic mass is 9.91. The van der Waals surface area contributed by atoms with Crippen molar-refractivity contribution in [3.63, 3.8) is 0 Å². The van der Waals surface area contributed by atoms with Crippen molar-refractivity contribution in [2.24, 2.45) is 5.92 Å². The van der Waals surface area contributed by atoms with Crippen molar-refractivity contribution in [3.05, 3.63) is 28.7 Å². The van der Waals surface area contributed by atoms with Crippen LogP contribution in [0.25, 0.3) is 0 Å². The van der Waals surface area contributed by atoms with Crippen LogP contribution in [0.5, 0.6) is 0 Å². The van der Waals surface area contributed by atoms with E-state index in [1.165, 1.54) is 0 Å². The number of nitrogens with one attached hydrogen (secondary N) is 2. The topological polar surface area (TPSA) is 106 Å². The second-order valence-electron chi connectivity index (χ2n) is 6.46. The highest BCUT2D eigenvalue weighted by atomic mass is 16.5. The molecule has 24 heavy (non-hydrogen) atoms. The van der Waals surface area contributed by atoms with Gasteiger partial charge in [-0.25, -0.2) is 0 Å². The molecule has 0 spiro atoms. The third-order valence-electron chi connectivity index (χ3n) is 4.85. The first kappa shape index (κ1) is 15.3. The summed E-state index contributed by atoms with van der Waals surface area (Å²) in [7, 11) is 0. The number of aromatic nitrogens is 4. The molecular weight excluding hydrogens is 310 g/mol. The van der Waals surface area contributed by atoms with Crippen LogP contribution >= 0.6 is 0 Å². The maximum absolute atomic E-state index is 12.8. The number of fused-ring (bicyclic) bond motifs is 1. The van der Waals surface area contributed by atoms with Crippen molar-refractivity contribution >= 4 is 5.91 Å². The Kier molecular flexibility index (Phi) is 4.05. The highest BCUT2D eigenvalue weighted by Crippen LogP contribution is 2.30. The zero-order valence-corrected chi connectivity index (χ0v) is 13.7. The number of rotatable bonds is 4. The number of hydrogen-bond acceptors (Lipinski definition) is 6. The van der Waals surface area contributed by atoms with E-state index in [2.05, 4.69) is 25.7 Å². The Balaban J connectivity index is 1.57. The van der Waals surface area contributed by atoms with Gasteiger partial charge < -0.3 is 14.6 Å². The lowest BCUT2D eigenvalue weighted by Crippen LogP contribution is -2.36. The molecule has 1 fully saturated rings. The van der Waals surface area contributed by atoms with Crippen molar-refractivity contribution in [2.45, 2.75) is 45.1 Å². The van der Waals surface area contributed by atoms with E-state index in [0.717, 1.165) is 43.4 Å². The summed E-state index contributed by atoms with van der Waals surface area (Å²) in [5.74, 6) is 1.06. The first-order valence-corrected chi connectivity index (χ1v) is 8.47. The fourth-order valence-corrected chi connectivity index (χ4v) is 3.59. The van der Waals surface area contributed by atoms with E-state index >= 15 is 0 Å². The van der Waals surface area contributed by atoms with Gasteiger partial charge in [-0.05, 0) is 44.9 Å². The molecule has 8 nitrogen and oxygen atoms in total. The van der Waals surface area contributed by atoms with Gasteiger partial charge in [0.1, 0.15) is 6.04 Å². The summed E-state index contributed by atoms with van der Waals surface area (Å²) in [6.45, 7) is 3.14. The Morgan fingerprint density at radius 3 is 2.92 bits per heavy atom. The van der Waals surface area contributed by atoms with E-state index < -0.39 is 0 Å². The van der Waals surface area contributed by atoms with Crippen LogP contribution in [0, 0.1) is 12.8 Å². The number of nitrogens with zero attached hydrogens (tertiary/aromatic N) is 3. The van der Waals surface area contributed by atoms with Crippen molar-refractivity contribution < 1.29 is 14.1 Å². The van der Waals surface area contributed by atoms with Crippen LogP contribution in [0.1, 0.15) is 58.8 Å². The largest absolute Gasteiger partial charge is 0.381 e. The molecule has 8 heteroatoms. The second-order valence-corrected chi connectivity index (χ2v) is 6.46. The van der Waals surface area contributed by atoms with Gasteiger partial charge in [0.15, 0.2) is 11.5 Å². The molecule has 1 amide bonds. The predicted octanol–water partition coefficient (Wildman–Crippen LogP) is 1.49. The first-order chi connectivity index (χ1) is 11.7. The molecule has 0 bridgehead atoms. The Morgan fingerprint density at radius 1 is 1.33 bits per heavy atom. The molecular formula is C16H21N5O3. The van der Waals surface area contributed by atoms with Gasteiger partial charge in [0.05, 0.1) is 0 Å². The number of carbonyl (C=O) groups is 1. The molecule has 128 valence electrons. The molecule has 1 atom stereocenters. The highest BCUT2D eigenvalue weighted by molar-refractivity contribution is 5.94. The average molecular weight is 331 g/mol. The standard InChI is InChI=1S/C16H21N5O3/c1-9-17-16(24-21-9)13(10-5-7-23-8-6-10)18-15(22)14-11-3-2-4-12(11)19-20-14/h10,13H,2-8H2,1H3,(H,18,22)(H,19,20)/t13-/m0/s1. The molecule has 2 aromatic heterocycles. The maximum atomic E-state index is 12.8. The van der Waals surface area contributed by atoms with Crippen molar-refractivity contribution in [3.8, 4) is 0 Å². The molecule has 2 N–H and O–H groups in total. The van der Waals surface area contributed by atoms with Crippen LogP contribution < -0.4 is 5.32 Å². The molecule has 0 saturated carbocycles. The normalized spacial score (nSPS) is 19.2. The molecule has 1 saturated heterocycles. The third-order valence-corrected chi connectivity index (χ3v) is 4.85. The van der Waals surface area contributed by atoms with Gasteiger partial charge >= 0.3 is 0 Å². The molecule has 1 aliphatic heterocycles. The molecule has 2 aromatic rings. The summed E-state index contributed by atoms with van der Waals surface area (Å²) in [4.78, 5) is 17.1. The lowest BCUT2D eigenvalue weighted by Gasteiger charge is -2.28. The smallest absolute Gasteiger partial charge is 0.272 e. The quantitative estimate of drug-likeness (QED) is 0.879. The summed E-state index contributed by atoms with van der Waals surface area (Å²) < 4.78 is 10.8. The number of carbonyl (C=O) groups excluding carboxylic acids is 1. The van der Waals surface area contributed by atoms with Crippen LogP contribution in [0.3, 0.4) is 0 Å². The third kappa shape index (κ3) is 2.82. The maximum Gasteiger partial charge on any atom is 0.272 e. The molecule has 0 radical (unpaired) electrons. The molecule has 2 aliphatic rings. The van der Waals surface area contributed by atoms with Gasteiger partial charge in [-0.3, -0.25) is 9.89 Å². The van der Waals surface area contributed by atoms with E-state index in [9.17, 15) is 4.79 Å². The minimum atomic E-state index is -0.309. The number of ether oxygens (including phenoxy) is 1. The number of hydrogen-bond donors (Lipinski definition) is 2. The fraction of sp³-hybridized carbons (Fsp3) is 0.625. The van der Waals surface area contributed by atoms with Gasteiger partial charge in [-0.15, -0.1) is 0 Å². The van der Waals surface area contributed by atoms with Crippen molar-refractivity contribution in [2.75, 3.05) is 13.2 Å². The van der Waals surface area contributed by atoms with Crippen molar-refractivity contribution in [1.29, 1.82) is 0 Å². The number of H-pyrrole nitrogens is 1. The minimum absolute atomic E-state index is 0.179. The first-order valence-electron chi connectivity index (χ1n) is 8.47. The molecule has 0 unspecified atom stereocenters. The Morgan fingerprint density at radius 2 is 2.17 bits per heavy atom. The lowest BCUT2D eigenvalue weighted by molar-refractivity contribution is 0.0467. The monoisotopic (exact) mass is 331 g/mol.